The Hall–Kier alpha value is -2.64. The van der Waals surface area contributed by atoms with Crippen LogP contribution in [0.15, 0.2) is 60.7 Å². The van der Waals surface area contributed by atoms with Crippen LogP contribution in [0.1, 0.15) is 24.5 Å². The number of nitrogens with one attached hydrogen (secondary N) is 1. The predicted octanol–water partition coefficient (Wildman–Crippen LogP) is 1.57. The van der Waals surface area contributed by atoms with E-state index in [-0.39, 0.29) is 49.7 Å². The predicted molar refractivity (Wildman–Crippen MR) is 113 cm³/mol. The summed E-state index contributed by atoms with van der Waals surface area (Å²) >= 11 is 0. The number of carbonyl (C=O) groups is 2. The third-order valence-corrected chi connectivity index (χ3v) is 6.11. The fraction of sp³-hybridized carbons (Fsp3) is 0.391. The number of benzene rings is 2. The zero-order valence-electron chi connectivity index (χ0n) is 17.2. The highest BCUT2D eigenvalue weighted by atomic mass is 16.6. The number of hydrogen-bond donors (Lipinski definition) is 1. The summed E-state index contributed by atoms with van der Waals surface area (Å²) in [6, 6.07) is 18.5. The number of morpholine rings is 1. The molecule has 2 aromatic carbocycles. The molecular weight excluding hydrogens is 381 g/mol. The minimum Gasteiger partial charge on any atom is -0.461 e. The van der Waals surface area contributed by atoms with E-state index in [9.17, 15) is 9.59 Å². The van der Waals surface area contributed by atoms with Gasteiger partial charge in [-0.1, -0.05) is 60.7 Å². The van der Waals surface area contributed by atoms with Crippen LogP contribution in [0.4, 0.5) is 0 Å². The molecule has 1 N–H and O–H groups in total. The van der Waals surface area contributed by atoms with E-state index in [0.29, 0.717) is 0 Å². The molecule has 0 aliphatic carbocycles. The lowest BCUT2D eigenvalue weighted by atomic mass is 9.80. The summed E-state index contributed by atoms with van der Waals surface area (Å²) in [4.78, 5) is 25.7. The smallest absolute Gasteiger partial charge is 0.313 e. The van der Waals surface area contributed by atoms with Gasteiger partial charge in [0.2, 0.25) is 0 Å². The van der Waals surface area contributed by atoms with Gasteiger partial charge in [0.25, 0.3) is 0 Å². The van der Waals surface area contributed by atoms with E-state index < -0.39 is 11.5 Å². The standard InChI is InChI=1S/C23H26BNO5/c1-15-23(12-18(26)28-13-16-8-4-2-5-9-16)19(20(25-15)21(24)30-23)22(27)29-14-17-10-6-3-7-11-17/h2-11,15,19-21,25H,12-14,24H2,1H3/t15-,19?,20?,21+,23-/m0/s1. The van der Waals surface area contributed by atoms with Crippen molar-refractivity contribution < 1.29 is 23.8 Å². The van der Waals surface area contributed by atoms with Gasteiger partial charge in [-0.05, 0) is 18.1 Å². The van der Waals surface area contributed by atoms with Crippen molar-refractivity contribution in [2.45, 2.75) is 50.2 Å². The number of fused-ring (bicyclic) bond motifs is 2. The molecule has 2 bridgehead atoms. The summed E-state index contributed by atoms with van der Waals surface area (Å²) in [6.45, 7) is 2.33. The fourth-order valence-electron chi connectivity index (χ4n) is 4.58. The molecule has 2 aliphatic rings. The first-order chi connectivity index (χ1) is 14.5. The second kappa shape index (κ2) is 8.62. The molecule has 30 heavy (non-hydrogen) atoms. The lowest BCUT2D eigenvalue weighted by Gasteiger charge is -2.36. The third-order valence-electron chi connectivity index (χ3n) is 6.11. The maximum absolute atomic E-state index is 13.0. The molecule has 0 radical (unpaired) electrons. The third kappa shape index (κ3) is 4.00. The van der Waals surface area contributed by atoms with Crippen molar-refractivity contribution in [2.75, 3.05) is 0 Å². The summed E-state index contributed by atoms with van der Waals surface area (Å²) in [5, 5.41) is 3.42. The van der Waals surface area contributed by atoms with E-state index in [1.54, 1.807) is 0 Å². The van der Waals surface area contributed by atoms with Crippen LogP contribution in [-0.2, 0) is 37.0 Å². The molecule has 6 nitrogen and oxygen atoms in total. The van der Waals surface area contributed by atoms with Crippen LogP contribution in [0, 0.1) is 5.92 Å². The van der Waals surface area contributed by atoms with Gasteiger partial charge in [0, 0.05) is 18.1 Å². The Labute approximate surface area is 177 Å². The number of ether oxygens (including phenoxy) is 3. The quantitative estimate of drug-likeness (QED) is 0.555. The molecule has 0 spiro atoms. The van der Waals surface area contributed by atoms with Crippen molar-refractivity contribution in [1.29, 1.82) is 0 Å². The van der Waals surface area contributed by atoms with E-state index in [1.165, 1.54) is 0 Å². The largest absolute Gasteiger partial charge is 0.461 e. The molecule has 2 heterocycles. The molecule has 2 aromatic rings. The van der Waals surface area contributed by atoms with Crippen LogP contribution < -0.4 is 5.32 Å². The molecule has 0 aromatic heterocycles. The molecule has 2 unspecified atom stereocenters. The monoisotopic (exact) mass is 407 g/mol. The van der Waals surface area contributed by atoms with Gasteiger partial charge in [-0.25, -0.2) is 0 Å². The Balaban J connectivity index is 1.44. The average Bonchev–Trinajstić information content (AvgIpc) is 3.19. The van der Waals surface area contributed by atoms with Gasteiger partial charge in [-0.2, -0.15) is 0 Å². The van der Waals surface area contributed by atoms with Gasteiger partial charge in [0.15, 0.2) is 0 Å². The number of hydrogen-bond acceptors (Lipinski definition) is 6. The summed E-state index contributed by atoms with van der Waals surface area (Å²) in [6.07, 6.45) is -0.0000557. The van der Waals surface area contributed by atoms with Gasteiger partial charge in [-0.15, -0.1) is 0 Å². The first-order valence-corrected chi connectivity index (χ1v) is 10.3. The molecule has 4 rings (SSSR count). The van der Waals surface area contributed by atoms with Crippen LogP contribution in [0.5, 0.6) is 0 Å². The Morgan fingerprint density at radius 2 is 1.57 bits per heavy atom. The number of rotatable bonds is 7. The van der Waals surface area contributed by atoms with Crippen molar-refractivity contribution in [2.24, 2.45) is 5.92 Å². The lowest BCUT2D eigenvalue weighted by molar-refractivity contribution is -0.163. The van der Waals surface area contributed by atoms with Crippen molar-refractivity contribution in [3.8, 4) is 0 Å². The highest BCUT2D eigenvalue weighted by molar-refractivity contribution is 6.12. The molecular formula is C23H26BNO5. The molecule has 2 saturated heterocycles. The SMILES string of the molecule is B[C@@H]1O[C@]2(CC(=O)OCc3ccccc3)C(C(=O)OCc3ccccc3)C1N[C@H]2C. The lowest BCUT2D eigenvalue weighted by Crippen LogP contribution is -2.53. The summed E-state index contributed by atoms with van der Waals surface area (Å²) in [7, 11) is 1.91. The maximum atomic E-state index is 13.0. The van der Waals surface area contributed by atoms with E-state index in [1.807, 2.05) is 75.4 Å². The van der Waals surface area contributed by atoms with Crippen molar-refractivity contribution >= 4 is 19.8 Å². The molecule has 156 valence electrons. The zero-order chi connectivity index (χ0) is 21.1. The van der Waals surface area contributed by atoms with Crippen molar-refractivity contribution in [3.63, 3.8) is 0 Å². The van der Waals surface area contributed by atoms with E-state index in [2.05, 4.69) is 5.32 Å². The molecule has 0 saturated carbocycles. The Bertz CT molecular complexity index is 893. The Morgan fingerprint density at radius 1 is 1.00 bits per heavy atom. The Kier molecular flexibility index (Phi) is 5.93. The molecule has 2 aliphatic heterocycles. The molecule has 2 fully saturated rings. The van der Waals surface area contributed by atoms with Crippen LogP contribution in [-0.4, -0.2) is 43.5 Å². The topological polar surface area (TPSA) is 73.9 Å². The maximum Gasteiger partial charge on any atom is 0.313 e. The van der Waals surface area contributed by atoms with Crippen LogP contribution >= 0.6 is 0 Å². The number of esters is 2. The normalized spacial score (nSPS) is 29.5. The van der Waals surface area contributed by atoms with Gasteiger partial charge < -0.3 is 19.5 Å². The van der Waals surface area contributed by atoms with E-state index >= 15 is 0 Å². The van der Waals surface area contributed by atoms with E-state index in [4.69, 9.17) is 14.2 Å². The minimum absolute atomic E-state index is 0.0000557. The van der Waals surface area contributed by atoms with Gasteiger partial charge >= 0.3 is 11.9 Å². The van der Waals surface area contributed by atoms with Gasteiger partial charge in [0.1, 0.15) is 32.6 Å². The zero-order valence-corrected chi connectivity index (χ0v) is 17.2. The summed E-state index contributed by atoms with van der Waals surface area (Å²) < 4.78 is 17.3. The second-order valence-electron chi connectivity index (χ2n) is 8.09. The van der Waals surface area contributed by atoms with Crippen LogP contribution in [0.25, 0.3) is 0 Å². The molecule has 7 heteroatoms. The average molecular weight is 407 g/mol. The van der Waals surface area contributed by atoms with Crippen molar-refractivity contribution in [3.05, 3.63) is 71.8 Å². The van der Waals surface area contributed by atoms with Crippen LogP contribution in [0.2, 0.25) is 0 Å². The first-order valence-electron chi connectivity index (χ1n) is 10.3. The van der Waals surface area contributed by atoms with Crippen LogP contribution in [0.3, 0.4) is 0 Å². The summed E-state index contributed by atoms with van der Waals surface area (Å²) in [5.74, 6) is -1.29. The molecule has 0 amide bonds. The number of carbonyl (C=O) groups excluding carboxylic acids is 2. The van der Waals surface area contributed by atoms with Crippen molar-refractivity contribution in [1.82, 2.24) is 5.32 Å². The van der Waals surface area contributed by atoms with E-state index in [0.717, 1.165) is 11.1 Å². The fourth-order valence-corrected chi connectivity index (χ4v) is 4.58. The second-order valence-corrected chi connectivity index (χ2v) is 8.09. The first kappa shape index (κ1) is 20.6. The highest BCUT2D eigenvalue weighted by Crippen LogP contribution is 2.47. The Morgan fingerprint density at radius 3 is 2.17 bits per heavy atom. The highest BCUT2D eigenvalue weighted by Gasteiger charge is 2.66. The van der Waals surface area contributed by atoms with Gasteiger partial charge in [0.05, 0.1) is 6.42 Å². The molecule has 5 atom stereocenters. The summed E-state index contributed by atoms with van der Waals surface area (Å²) in [5.41, 5.74) is 0.867. The minimum atomic E-state index is -0.967. The van der Waals surface area contributed by atoms with Gasteiger partial charge in [-0.3, -0.25) is 9.59 Å².